The minimum absolute atomic E-state index is 1.03. The van der Waals surface area contributed by atoms with Crippen molar-refractivity contribution in [3.8, 4) is 0 Å². The van der Waals surface area contributed by atoms with Gasteiger partial charge in [0, 0.05) is 38.9 Å². The van der Waals surface area contributed by atoms with E-state index in [1.54, 1.807) is 0 Å². The van der Waals surface area contributed by atoms with Crippen molar-refractivity contribution in [1.29, 1.82) is 0 Å². The molecule has 0 amide bonds. The molecule has 3 nitrogen and oxygen atoms in total. The van der Waals surface area contributed by atoms with Gasteiger partial charge in [-0.05, 0) is 38.6 Å². The van der Waals surface area contributed by atoms with E-state index in [4.69, 9.17) is 0 Å². The van der Waals surface area contributed by atoms with Gasteiger partial charge in [0.25, 0.3) is 0 Å². The molecule has 0 spiro atoms. The molecule has 1 rings (SSSR count). The smallest absolute Gasteiger partial charge is 0.0393 e. The van der Waals surface area contributed by atoms with Gasteiger partial charge in [0.05, 0.1) is 0 Å². The van der Waals surface area contributed by atoms with Crippen LogP contribution in [-0.4, -0.2) is 51.2 Å². The monoisotopic (exact) mass is 277 g/mol. The molecule has 0 fully saturated rings. The number of hydrogen-bond acceptors (Lipinski definition) is 3. The largest absolute Gasteiger partial charge is 0.373 e. The van der Waals surface area contributed by atoms with E-state index in [1.165, 1.54) is 16.8 Å². The van der Waals surface area contributed by atoms with Gasteiger partial charge < -0.3 is 15.1 Å². The number of likely N-dealkylation sites (N-methyl/N-ethyl adjacent to an activating group) is 2. The molecule has 0 aliphatic heterocycles. The summed E-state index contributed by atoms with van der Waals surface area (Å²) < 4.78 is 0. The van der Waals surface area contributed by atoms with Gasteiger partial charge in [0.15, 0.2) is 0 Å². The molecule has 114 valence electrons. The first-order valence-corrected chi connectivity index (χ1v) is 7.80. The van der Waals surface area contributed by atoms with Crippen molar-refractivity contribution in [2.75, 3.05) is 51.2 Å². The highest BCUT2D eigenvalue weighted by Crippen LogP contribution is 2.19. The molecule has 0 saturated heterocycles. The van der Waals surface area contributed by atoms with Crippen molar-refractivity contribution in [3.63, 3.8) is 0 Å². The Balaban J connectivity index is 2.28. The Morgan fingerprint density at radius 1 is 1.00 bits per heavy atom. The molecule has 0 aliphatic rings. The zero-order valence-corrected chi connectivity index (χ0v) is 13.9. The topological polar surface area (TPSA) is 18.5 Å². The molecule has 0 radical (unpaired) electrons. The maximum absolute atomic E-state index is 3.53. The number of benzene rings is 1. The van der Waals surface area contributed by atoms with Crippen LogP contribution in [0, 0.1) is 13.8 Å². The number of rotatable bonds is 9. The second-order valence-electron chi connectivity index (χ2n) is 5.49. The van der Waals surface area contributed by atoms with Crippen molar-refractivity contribution < 1.29 is 0 Å². The first kappa shape index (κ1) is 17.0. The van der Waals surface area contributed by atoms with Gasteiger partial charge in [-0.15, -0.1) is 0 Å². The molecule has 0 aliphatic carbocycles. The van der Waals surface area contributed by atoms with Gasteiger partial charge in [-0.1, -0.05) is 31.5 Å². The zero-order valence-electron chi connectivity index (χ0n) is 13.9. The molecule has 3 heteroatoms. The summed E-state index contributed by atoms with van der Waals surface area (Å²) in [5.41, 5.74) is 4.02. The van der Waals surface area contributed by atoms with E-state index in [0.717, 1.165) is 39.3 Å². The van der Waals surface area contributed by atoms with E-state index in [-0.39, 0.29) is 0 Å². The van der Waals surface area contributed by atoms with E-state index in [1.807, 2.05) is 0 Å². The number of nitrogens with one attached hydrogen (secondary N) is 1. The maximum Gasteiger partial charge on any atom is 0.0393 e. The van der Waals surface area contributed by atoms with Crippen molar-refractivity contribution in [2.45, 2.75) is 27.7 Å². The predicted octanol–water partition coefficient (Wildman–Crippen LogP) is 2.67. The first-order valence-electron chi connectivity index (χ1n) is 7.80. The Morgan fingerprint density at radius 3 is 2.25 bits per heavy atom. The first-order chi connectivity index (χ1) is 9.58. The van der Waals surface area contributed by atoms with Crippen molar-refractivity contribution in [1.82, 2.24) is 10.2 Å². The molecule has 0 bridgehead atoms. The highest BCUT2D eigenvalue weighted by molar-refractivity contribution is 5.53. The lowest BCUT2D eigenvalue weighted by Crippen LogP contribution is -2.35. The van der Waals surface area contributed by atoms with Crippen LogP contribution in [0.25, 0.3) is 0 Å². The summed E-state index contributed by atoms with van der Waals surface area (Å²) in [5, 5.41) is 3.53. The molecule has 0 heterocycles. The Bertz CT molecular complexity index is 386. The van der Waals surface area contributed by atoms with Crippen LogP contribution in [0.5, 0.6) is 0 Å². The number of aryl methyl sites for hydroxylation is 2. The molecule has 20 heavy (non-hydrogen) atoms. The quantitative estimate of drug-likeness (QED) is 0.700. The van der Waals surface area contributed by atoms with Crippen LogP contribution in [0.2, 0.25) is 0 Å². The Morgan fingerprint density at radius 2 is 1.65 bits per heavy atom. The summed E-state index contributed by atoms with van der Waals surface area (Å²) >= 11 is 0. The van der Waals surface area contributed by atoms with Crippen molar-refractivity contribution >= 4 is 5.69 Å². The molecular formula is C17H31N3. The van der Waals surface area contributed by atoms with Crippen LogP contribution in [-0.2, 0) is 0 Å². The molecule has 1 aromatic carbocycles. The predicted molar refractivity (Wildman–Crippen MR) is 89.8 cm³/mol. The third kappa shape index (κ3) is 5.51. The van der Waals surface area contributed by atoms with Gasteiger partial charge >= 0.3 is 0 Å². The van der Waals surface area contributed by atoms with Crippen LogP contribution in [0.1, 0.15) is 25.0 Å². The van der Waals surface area contributed by atoms with Gasteiger partial charge in [-0.2, -0.15) is 0 Å². The minimum Gasteiger partial charge on any atom is -0.373 e. The van der Waals surface area contributed by atoms with Crippen LogP contribution >= 0.6 is 0 Å². The molecule has 1 N–H and O–H groups in total. The van der Waals surface area contributed by atoms with E-state index >= 15 is 0 Å². The lowest BCUT2D eigenvalue weighted by Gasteiger charge is -2.23. The lowest BCUT2D eigenvalue weighted by atomic mass is 10.1. The van der Waals surface area contributed by atoms with Crippen LogP contribution in [0.4, 0.5) is 5.69 Å². The van der Waals surface area contributed by atoms with Crippen molar-refractivity contribution in [3.05, 3.63) is 29.3 Å². The van der Waals surface area contributed by atoms with E-state index < -0.39 is 0 Å². The standard InChI is InChI=1S/C17H31N3/c1-6-20(7-2)13-11-18-10-12-19(5)17-9-8-15(3)14-16(17)4/h8-9,14,18H,6-7,10-13H2,1-5H3. The lowest BCUT2D eigenvalue weighted by molar-refractivity contribution is 0.303. The van der Waals surface area contributed by atoms with Gasteiger partial charge in [-0.3, -0.25) is 0 Å². The summed E-state index contributed by atoms with van der Waals surface area (Å²) in [7, 11) is 2.17. The van der Waals surface area contributed by atoms with Crippen molar-refractivity contribution in [2.24, 2.45) is 0 Å². The fraction of sp³-hybridized carbons (Fsp3) is 0.647. The van der Waals surface area contributed by atoms with E-state index in [2.05, 4.69) is 68.1 Å². The van der Waals surface area contributed by atoms with Gasteiger partial charge in [-0.25, -0.2) is 0 Å². The maximum atomic E-state index is 3.53. The van der Waals surface area contributed by atoms with E-state index in [0.29, 0.717) is 0 Å². The average molecular weight is 277 g/mol. The number of nitrogens with zero attached hydrogens (tertiary/aromatic N) is 2. The summed E-state index contributed by atoms with van der Waals surface area (Å²) in [5.74, 6) is 0. The molecular weight excluding hydrogens is 246 g/mol. The van der Waals surface area contributed by atoms with Crippen LogP contribution in [0.3, 0.4) is 0 Å². The summed E-state index contributed by atoms with van der Waals surface area (Å²) in [4.78, 5) is 4.78. The van der Waals surface area contributed by atoms with Gasteiger partial charge in [0.2, 0.25) is 0 Å². The third-order valence-corrected chi connectivity index (χ3v) is 3.89. The minimum atomic E-state index is 1.03. The second-order valence-corrected chi connectivity index (χ2v) is 5.49. The Labute approximate surface area is 125 Å². The van der Waals surface area contributed by atoms with E-state index in [9.17, 15) is 0 Å². The highest BCUT2D eigenvalue weighted by atomic mass is 15.1. The number of hydrogen-bond donors (Lipinski definition) is 1. The molecule has 0 aromatic heterocycles. The Hall–Kier alpha value is -1.06. The molecule has 1 aromatic rings. The molecule has 0 saturated carbocycles. The zero-order chi connectivity index (χ0) is 15.0. The summed E-state index contributed by atoms with van der Waals surface area (Å²) in [6.45, 7) is 15.3. The highest BCUT2D eigenvalue weighted by Gasteiger charge is 2.04. The van der Waals surface area contributed by atoms with Gasteiger partial charge in [0.1, 0.15) is 0 Å². The van der Waals surface area contributed by atoms with Crippen LogP contribution in [0.15, 0.2) is 18.2 Å². The summed E-state index contributed by atoms with van der Waals surface area (Å²) in [6, 6.07) is 6.66. The molecule has 0 atom stereocenters. The molecule has 0 unspecified atom stereocenters. The Kier molecular flexibility index (Phi) is 7.63. The average Bonchev–Trinajstić information content (AvgIpc) is 2.42. The fourth-order valence-electron chi connectivity index (χ4n) is 2.50. The third-order valence-electron chi connectivity index (χ3n) is 3.89. The normalized spacial score (nSPS) is 11.1. The van der Waals surface area contributed by atoms with Crippen LogP contribution < -0.4 is 10.2 Å². The second kappa shape index (κ2) is 8.98. The number of anilines is 1. The fourth-order valence-corrected chi connectivity index (χ4v) is 2.50. The SMILES string of the molecule is CCN(CC)CCNCCN(C)c1ccc(C)cc1C. The summed E-state index contributed by atoms with van der Waals surface area (Å²) in [6.07, 6.45) is 0.